The van der Waals surface area contributed by atoms with Gasteiger partial charge in [0.15, 0.2) is 0 Å². The Morgan fingerprint density at radius 3 is 2.18 bits per heavy atom. The van der Waals surface area contributed by atoms with E-state index in [1.54, 1.807) is 0 Å². The molecule has 0 heterocycles. The highest BCUT2D eigenvalue weighted by Crippen LogP contribution is 2.27. The van der Waals surface area contributed by atoms with Crippen LogP contribution in [0.4, 0.5) is 0 Å². The molecule has 0 aromatic heterocycles. The van der Waals surface area contributed by atoms with Gasteiger partial charge in [-0.2, -0.15) is 0 Å². The van der Waals surface area contributed by atoms with Crippen molar-refractivity contribution in [1.29, 1.82) is 0 Å². The molecule has 0 amide bonds. The predicted molar refractivity (Wildman–Crippen MR) is 54.2 cm³/mol. The van der Waals surface area contributed by atoms with Crippen molar-refractivity contribution in [2.45, 2.75) is 56.7 Å². The molecule has 0 N–H and O–H groups in total. The molecule has 11 heavy (non-hydrogen) atoms. The fourth-order valence-electron chi connectivity index (χ4n) is 2.06. The van der Waals surface area contributed by atoms with Crippen LogP contribution in [0.15, 0.2) is 0 Å². The van der Waals surface area contributed by atoms with E-state index in [0.717, 1.165) is 10.7 Å². The normalized spacial score (nSPS) is 24.5. The summed E-state index contributed by atoms with van der Waals surface area (Å²) in [7, 11) is 0. The lowest BCUT2D eigenvalue weighted by Crippen LogP contribution is -2.04. The Bertz CT molecular complexity index is 91.0. The van der Waals surface area contributed by atoms with E-state index in [1.807, 2.05) is 0 Å². The smallest absolute Gasteiger partial charge is 0.0120 e. The number of alkyl halides is 1. The van der Waals surface area contributed by atoms with Gasteiger partial charge < -0.3 is 0 Å². The minimum atomic E-state index is 0.727. The first-order chi connectivity index (χ1) is 5.29. The van der Waals surface area contributed by atoms with Crippen molar-refractivity contribution < 1.29 is 0 Å². The summed E-state index contributed by atoms with van der Waals surface area (Å²) in [4.78, 5) is 0.727. The topological polar surface area (TPSA) is 0 Å². The molecule has 0 saturated heterocycles. The Balaban J connectivity index is 2.20. The van der Waals surface area contributed by atoms with Crippen LogP contribution in [0.2, 0.25) is 0 Å². The average Bonchev–Trinajstić information content (AvgIpc) is 2.14. The Kier molecular flexibility index (Phi) is 4.51. The fraction of sp³-hybridized carbons (Fsp3) is 1.00. The van der Waals surface area contributed by atoms with Crippen LogP contribution in [0.1, 0.15) is 51.9 Å². The zero-order valence-corrected chi connectivity index (χ0v) is 9.07. The third-order valence-corrected chi connectivity index (χ3v) is 3.01. The number of hydrogen-bond donors (Lipinski definition) is 0. The number of hydrogen-bond acceptors (Lipinski definition) is 0. The van der Waals surface area contributed by atoms with Gasteiger partial charge in [0.05, 0.1) is 0 Å². The summed E-state index contributed by atoms with van der Waals surface area (Å²) < 4.78 is 0. The summed E-state index contributed by atoms with van der Waals surface area (Å²) in [6.07, 6.45) is 10.3. The molecule has 1 aliphatic carbocycles. The van der Waals surface area contributed by atoms with E-state index in [4.69, 9.17) is 0 Å². The molecule has 0 nitrogen and oxygen atoms in total. The van der Waals surface area contributed by atoms with Crippen molar-refractivity contribution >= 4 is 15.9 Å². The SMILES string of the molecule is CC(Br)CC1CCCCCC1. The van der Waals surface area contributed by atoms with E-state index < -0.39 is 0 Å². The summed E-state index contributed by atoms with van der Waals surface area (Å²) >= 11 is 3.64. The van der Waals surface area contributed by atoms with Gasteiger partial charge in [-0.15, -0.1) is 0 Å². The van der Waals surface area contributed by atoms with E-state index in [2.05, 4.69) is 22.9 Å². The maximum absolute atomic E-state index is 3.64. The van der Waals surface area contributed by atoms with Crippen molar-refractivity contribution in [2.24, 2.45) is 5.92 Å². The van der Waals surface area contributed by atoms with Gasteiger partial charge in [-0.05, 0) is 12.3 Å². The first-order valence-corrected chi connectivity index (χ1v) is 5.84. The zero-order valence-electron chi connectivity index (χ0n) is 7.48. The molecule has 0 aromatic rings. The number of halogens is 1. The molecule has 1 fully saturated rings. The zero-order chi connectivity index (χ0) is 8.10. The highest BCUT2D eigenvalue weighted by molar-refractivity contribution is 9.09. The molecule has 0 aromatic carbocycles. The highest BCUT2D eigenvalue weighted by Gasteiger charge is 2.13. The molecule has 1 unspecified atom stereocenters. The second-order valence-corrected chi connectivity index (χ2v) is 5.44. The molecule has 66 valence electrons. The molecule has 1 saturated carbocycles. The molecular formula is C10H19Br. The van der Waals surface area contributed by atoms with E-state index in [1.165, 1.54) is 44.9 Å². The summed E-state index contributed by atoms with van der Waals surface area (Å²) in [6.45, 7) is 2.27. The van der Waals surface area contributed by atoms with Crippen LogP contribution >= 0.6 is 15.9 Å². The maximum Gasteiger partial charge on any atom is 0.0120 e. The summed E-state index contributed by atoms with van der Waals surface area (Å²) in [5.41, 5.74) is 0. The van der Waals surface area contributed by atoms with E-state index >= 15 is 0 Å². The van der Waals surface area contributed by atoms with Gasteiger partial charge in [0.2, 0.25) is 0 Å². The summed E-state index contributed by atoms with van der Waals surface area (Å²) in [5, 5.41) is 0. The van der Waals surface area contributed by atoms with Crippen molar-refractivity contribution in [2.75, 3.05) is 0 Å². The highest BCUT2D eigenvalue weighted by atomic mass is 79.9. The molecular weight excluding hydrogens is 200 g/mol. The predicted octanol–water partition coefficient (Wildman–Crippen LogP) is 4.13. The first-order valence-electron chi connectivity index (χ1n) is 4.93. The van der Waals surface area contributed by atoms with Crippen LogP contribution < -0.4 is 0 Å². The Morgan fingerprint density at radius 1 is 1.18 bits per heavy atom. The van der Waals surface area contributed by atoms with Crippen LogP contribution in [0.25, 0.3) is 0 Å². The lowest BCUT2D eigenvalue weighted by molar-refractivity contribution is 0.430. The van der Waals surface area contributed by atoms with Gasteiger partial charge in [-0.1, -0.05) is 61.4 Å². The summed E-state index contributed by atoms with van der Waals surface area (Å²) in [5.74, 6) is 1.02. The lowest BCUT2D eigenvalue weighted by atomic mass is 9.95. The van der Waals surface area contributed by atoms with E-state index in [0.29, 0.717) is 0 Å². The fourth-order valence-corrected chi connectivity index (χ4v) is 2.59. The number of rotatable bonds is 2. The average molecular weight is 219 g/mol. The quantitative estimate of drug-likeness (QED) is 0.483. The minimum Gasteiger partial charge on any atom is -0.0894 e. The van der Waals surface area contributed by atoms with Crippen LogP contribution in [-0.2, 0) is 0 Å². The van der Waals surface area contributed by atoms with E-state index in [9.17, 15) is 0 Å². The van der Waals surface area contributed by atoms with Gasteiger partial charge in [0.1, 0.15) is 0 Å². The van der Waals surface area contributed by atoms with Crippen LogP contribution in [-0.4, -0.2) is 4.83 Å². The molecule has 0 radical (unpaired) electrons. The van der Waals surface area contributed by atoms with Gasteiger partial charge in [0.25, 0.3) is 0 Å². The van der Waals surface area contributed by atoms with Crippen molar-refractivity contribution in [3.8, 4) is 0 Å². The Hall–Kier alpha value is 0.480. The van der Waals surface area contributed by atoms with Crippen molar-refractivity contribution in [1.82, 2.24) is 0 Å². The van der Waals surface area contributed by atoms with Gasteiger partial charge in [-0.3, -0.25) is 0 Å². The maximum atomic E-state index is 3.64. The van der Waals surface area contributed by atoms with E-state index in [-0.39, 0.29) is 0 Å². The third-order valence-electron chi connectivity index (χ3n) is 2.63. The monoisotopic (exact) mass is 218 g/mol. The van der Waals surface area contributed by atoms with Gasteiger partial charge in [0, 0.05) is 4.83 Å². The third kappa shape index (κ3) is 4.15. The standard InChI is InChI=1S/C10H19Br/c1-9(11)8-10-6-4-2-3-5-7-10/h9-10H,2-8H2,1H3. The van der Waals surface area contributed by atoms with Crippen molar-refractivity contribution in [3.05, 3.63) is 0 Å². The lowest BCUT2D eigenvalue weighted by Gasteiger charge is -2.14. The Morgan fingerprint density at radius 2 is 1.73 bits per heavy atom. The second-order valence-electron chi connectivity index (χ2n) is 3.87. The molecule has 1 atom stereocenters. The molecule has 0 bridgehead atoms. The van der Waals surface area contributed by atoms with Crippen molar-refractivity contribution in [3.63, 3.8) is 0 Å². The summed E-state index contributed by atoms with van der Waals surface area (Å²) in [6, 6.07) is 0. The molecule has 1 aliphatic rings. The Labute approximate surface area is 78.9 Å². The largest absolute Gasteiger partial charge is 0.0894 e. The molecule has 1 heteroatoms. The minimum absolute atomic E-state index is 0.727. The second kappa shape index (κ2) is 5.18. The van der Waals surface area contributed by atoms with Crippen LogP contribution in [0.5, 0.6) is 0 Å². The first kappa shape index (κ1) is 9.57. The van der Waals surface area contributed by atoms with Gasteiger partial charge in [-0.25, -0.2) is 0 Å². The molecule has 0 spiro atoms. The van der Waals surface area contributed by atoms with Crippen LogP contribution in [0, 0.1) is 5.92 Å². The molecule has 0 aliphatic heterocycles. The van der Waals surface area contributed by atoms with Gasteiger partial charge >= 0.3 is 0 Å². The van der Waals surface area contributed by atoms with Crippen LogP contribution in [0.3, 0.4) is 0 Å². The molecule has 1 rings (SSSR count).